The predicted octanol–water partition coefficient (Wildman–Crippen LogP) is 3.68. The molecule has 180 valence electrons. The van der Waals surface area contributed by atoms with E-state index in [1.165, 1.54) is 30.0 Å². The lowest BCUT2D eigenvalue weighted by Crippen LogP contribution is -2.57. The van der Waals surface area contributed by atoms with Crippen LogP contribution in [0.25, 0.3) is 0 Å². The van der Waals surface area contributed by atoms with E-state index in [-0.39, 0.29) is 28.3 Å². The molecule has 6 rings (SSSR count). The third-order valence-corrected chi connectivity index (χ3v) is 8.94. The first kappa shape index (κ1) is 23.3. The number of halogens is 1. The maximum absolute atomic E-state index is 13.6. The molecule has 7 nitrogen and oxygen atoms in total. The van der Waals surface area contributed by atoms with Gasteiger partial charge in [0.2, 0.25) is 0 Å². The van der Waals surface area contributed by atoms with Crippen molar-refractivity contribution in [3.63, 3.8) is 0 Å². The van der Waals surface area contributed by atoms with Crippen molar-refractivity contribution in [1.29, 1.82) is 0 Å². The van der Waals surface area contributed by atoms with E-state index in [1.54, 1.807) is 35.4 Å². The molecule has 2 atom stereocenters. The third kappa shape index (κ3) is 4.59. The van der Waals surface area contributed by atoms with Crippen molar-refractivity contribution in [2.45, 2.75) is 36.1 Å². The number of carbonyl (C=O) groups excluding carboxylic acids is 1. The molecule has 34 heavy (non-hydrogen) atoms. The van der Waals surface area contributed by atoms with E-state index in [4.69, 9.17) is 0 Å². The van der Waals surface area contributed by atoms with Crippen molar-refractivity contribution in [2.75, 3.05) is 24.5 Å². The summed E-state index contributed by atoms with van der Waals surface area (Å²) in [5.41, 5.74) is 1.76. The molecule has 2 N–H and O–H groups in total. The van der Waals surface area contributed by atoms with Crippen LogP contribution >= 0.6 is 11.8 Å². The quantitative estimate of drug-likeness (QED) is 0.602. The molecular weight excluding hydrogens is 477 g/mol. The van der Waals surface area contributed by atoms with Crippen LogP contribution in [0.3, 0.4) is 0 Å². The number of thioether (sulfide) groups is 1. The normalized spacial score (nSPS) is 26.4. The standard InChI is InChI=1S/C24H26FN3O4S2/c1-15-2-7-22(34(30,31)32)20(12-15)28-14-21(33-24(28)17-3-5-18(25)6-4-17)23(29)26-19-13-27-10-8-16(19)9-11-27/h2-7,12,14,16,19,24H,8-11,13H2,1H3,(H,26,29)(H,30,31,32)/t19-,24?/m0/s1. The van der Waals surface area contributed by atoms with Crippen molar-refractivity contribution >= 4 is 33.5 Å². The summed E-state index contributed by atoms with van der Waals surface area (Å²) >= 11 is 1.28. The van der Waals surface area contributed by atoms with E-state index in [1.807, 2.05) is 6.92 Å². The molecule has 0 radical (unpaired) electrons. The van der Waals surface area contributed by atoms with Crippen LogP contribution in [0.5, 0.6) is 0 Å². The Labute approximate surface area is 202 Å². The number of hydrogen-bond donors (Lipinski definition) is 2. The largest absolute Gasteiger partial charge is 0.347 e. The van der Waals surface area contributed by atoms with E-state index in [0.717, 1.165) is 38.0 Å². The van der Waals surface area contributed by atoms with Gasteiger partial charge in [-0.25, -0.2) is 4.39 Å². The number of aryl methyl sites for hydroxylation is 1. The van der Waals surface area contributed by atoms with E-state index in [9.17, 15) is 22.2 Å². The predicted molar refractivity (Wildman–Crippen MR) is 129 cm³/mol. The highest BCUT2D eigenvalue weighted by Gasteiger charge is 2.38. The Kier molecular flexibility index (Phi) is 6.18. The molecule has 1 amide bonds. The Bertz CT molecular complexity index is 1240. The molecule has 4 aliphatic rings. The maximum Gasteiger partial charge on any atom is 0.296 e. The van der Waals surface area contributed by atoms with Gasteiger partial charge in [-0.1, -0.05) is 30.0 Å². The van der Waals surface area contributed by atoms with Crippen LogP contribution in [0.4, 0.5) is 10.1 Å². The second-order valence-corrected chi connectivity index (χ2v) is 11.6. The van der Waals surface area contributed by atoms with Gasteiger partial charge in [-0.15, -0.1) is 0 Å². The molecule has 0 aromatic heterocycles. The number of nitrogens with one attached hydrogen (secondary N) is 1. The fraction of sp³-hybridized carbons (Fsp3) is 0.375. The van der Waals surface area contributed by atoms with E-state index in [2.05, 4.69) is 10.2 Å². The van der Waals surface area contributed by atoms with Gasteiger partial charge in [-0.3, -0.25) is 9.35 Å². The minimum atomic E-state index is -4.51. The van der Waals surface area contributed by atoms with Crippen molar-refractivity contribution in [2.24, 2.45) is 5.92 Å². The second kappa shape index (κ2) is 8.99. The van der Waals surface area contributed by atoms with Crippen molar-refractivity contribution in [3.05, 3.63) is 70.5 Å². The van der Waals surface area contributed by atoms with Gasteiger partial charge in [-0.05, 0) is 74.2 Å². The fourth-order valence-electron chi connectivity index (χ4n) is 4.98. The maximum atomic E-state index is 13.6. The molecular formula is C24H26FN3O4S2. The first-order chi connectivity index (χ1) is 16.2. The Balaban J connectivity index is 1.50. The van der Waals surface area contributed by atoms with Crippen molar-refractivity contribution < 1.29 is 22.2 Å². The Morgan fingerprint density at radius 2 is 1.85 bits per heavy atom. The second-order valence-electron chi connectivity index (χ2n) is 9.09. The highest BCUT2D eigenvalue weighted by molar-refractivity contribution is 8.04. The Morgan fingerprint density at radius 1 is 1.15 bits per heavy atom. The van der Waals surface area contributed by atoms with Gasteiger partial charge in [0, 0.05) is 18.8 Å². The average Bonchev–Trinajstić information content (AvgIpc) is 3.25. The molecule has 2 aromatic carbocycles. The lowest BCUT2D eigenvalue weighted by Gasteiger charge is -2.44. The topological polar surface area (TPSA) is 90.0 Å². The van der Waals surface area contributed by atoms with Crippen molar-refractivity contribution in [3.8, 4) is 0 Å². The van der Waals surface area contributed by atoms with E-state index >= 15 is 0 Å². The summed E-state index contributed by atoms with van der Waals surface area (Å²) in [4.78, 5) is 17.5. The molecule has 10 heteroatoms. The summed E-state index contributed by atoms with van der Waals surface area (Å²) in [6, 6.07) is 10.6. The number of fused-ring (bicyclic) bond motifs is 3. The number of carbonyl (C=O) groups is 1. The number of benzene rings is 2. The van der Waals surface area contributed by atoms with Crippen LogP contribution in [0.2, 0.25) is 0 Å². The molecule has 4 aliphatic heterocycles. The molecule has 3 saturated heterocycles. The Morgan fingerprint density at radius 3 is 2.47 bits per heavy atom. The Hall–Kier alpha value is -2.40. The summed E-state index contributed by atoms with van der Waals surface area (Å²) in [7, 11) is -4.51. The number of nitrogens with zero attached hydrogens (tertiary/aromatic N) is 2. The van der Waals surface area contributed by atoms with Gasteiger partial charge >= 0.3 is 0 Å². The molecule has 2 bridgehead atoms. The first-order valence-electron chi connectivity index (χ1n) is 11.2. The summed E-state index contributed by atoms with van der Waals surface area (Å²) in [5, 5.41) is 2.67. The molecule has 4 heterocycles. The zero-order valence-electron chi connectivity index (χ0n) is 18.6. The summed E-state index contributed by atoms with van der Waals surface area (Å²) in [5.74, 6) is -0.131. The SMILES string of the molecule is Cc1ccc(S(=O)(=O)O)c(N2C=C(C(=O)N[C@H]3CN4CCC3CC4)SC2c2ccc(F)cc2)c1. The minimum absolute atomic E-state index is 0.0853. The smallest absolute Gasteiger partial charge is 0.296 e. The fourth-order valence-corrected chi connectivity index (χ4v) is 6.81. The lowest BCUT2D eigenvalue weighted by atomic mass is 9.84. The molecule has 1 unspecified atom stereocenters. The third-order valence-electron chi connectivity index (χ3n) is 6.77. The average molecular weight is 504 g/mol. The molecule has 3 fully saturated rings. The first-order valence-corrected chi connectivity index (χ1v) is 13.5. The summed E-state index contributed by atoms with van der Waals surface area (Å²) in [6.45, 7) is 4.80. The summed E-state index contributed by atoms with van der Waals surface area (Å²) in [6.07, 6.45) is 3.77. The number of hydrogen-bond acceptors (Lipinski definition) is 6. The van der Waals surface area contributed by atoms with Gasteiger partial charge in [-0.2, -0.15) is 8.42 Å². The lowest BCUT2D eigenvalue weighted by molar-refractivity contribution is -0.118. The van der Waals surface area contributed by atoms with Crippen LogP contribution in [0.15, 0.2) is 58.5 Å². The van der Waals surface area contributed by atoms with Gasteiger partial charge < -0.3 is 15.1 Å². The van der Waals surface area contributed by atoms with Crippen LogP contribution < -0.4 is 10.2 Å². The number of amides is 1. The van der Waals surface area contributed by atoms with Crippen LogP contribution in [0.1, 0.15) is 29.3 Å². The molecule has 0 saturated carbocycles. The molecule has 0 spiro atoms. The van der Waals surface area contributed by atoms with E-state index < -0.39 is 15.5 Å². The number of anilines is 1. The molecule has 0 aliphatic carbocycles. The van der Waals surface area contributed by atoms with Crippen LogP contribution in [0, 0.1) is 18.7 Å². The van der Waals surface area contributed by atoms with Gasteiger partial charge in [0.15, 0.2) is 0 Å². The monoisotopic (exact) mass is 503 g/mol. The highest BCUT2D eigenvalue weighted by Crippen LogP contribution is 2.48. The van der Waals surface area contributed by atoms with Gasteiger partial charge in [0.05, 0.1) is 10.6 Å². The zero-order chi connectivity index (χ0) is 24.0. The van der Waals surface area contributed by atoms with Crippen molar-refractivity contribution in [1.82, 2.24) is 10.2 Å². The zero-order valence-corrected chi connectivity index (χ0v) is 20.3. The molecule has 2 aromatic rings. The van der Waals surface area contributed by atoms with E-state index in [0.29, 0.717) is 16.4 Å². The summed E-state index contributed by atoms with van der Waals surface area (Å²) < 4.78 is 47.7. The highest BCUT2D eigenvalue weighted by atomic mass is 32.2. The van der Waals surface area contributed by atoms with Crippen LogP contribution in [-0.2, 0) is 14.9 Å². The van der Waals surface area contributed by atoms with Gasteiger partial charge in [0.1, 0.15) is 16.1 Å². The van der Waals surface area contributed by atoms with Crippen LogP contribution in [-0.4, -0.2) is 49.5 Å². The minimum Gasteiger partial charge on any atom is -0.347 e. The number of rotatable bonds is 5. The van der Waals surface area contributed by atoms with Gasteiger partial charge in [0.25, 0.3) is 16.0 Å². The number of piperidine rings is 3.